The number of nitrogens with one attached hydrogen (secondary N) is 2. The van der Waals surface area contributed by atoms with Crippen molar-refractivity contribution in [2.45, 2.75) is 6.42 Å². The minimum Gasteiger partial charge on any atom is -0.495 e. The largest absolute Gasteiger partial charge is 0.495 e. The minimum absolute atomic E-state index is 0.00503. The molecule has 0 spiro atoms. The molecule has 4 nitrogen and oxygen atoms in total. The van der Waals surface area contributed by atoms with E-state index in [1.807, 2.05) is 12.1 Å². The molecular formula is C12H11BrN2O2. The fraction of sp³-hybridized carbons (Fsp3) is 0.250. The molecule has 0 saturated carbocycles. The summed E-state index contributed by atoms with van der Waals surface area (Å²) in [7, 11) is 1.63. The molecule has 5 heteroatoms. The Labute approximate surface area is 106 Å². The lowest BCUT2D eigenvalue weighted by Gasteiger charge is -2.12. The van der Waals surface area contributed by atoms with Crippen LogP contribution in [0, 0.1) is 0 Å². The van der Waals surface area contributed by atoms with Crippen LogP contribution < -0.4 is 10.1 Å². The van der Waals surface area contributed by atoms with Gasteiger partial charge >= 0.3 is 0 Å². The van der Waals surface area contributed by atoms with Gasteiger partial charge in [0.15, 0.2) is 0 Å². The molecule has 2 heterocycles. The van der Waals surface area contributed by atoms with E-state index >= 15 is 0 Å². The number of carbonyl (C=O) groups is 1. The fourth-order valence-corrected chi connectivity index (χ4v) is 2.75. The van der Waals surface area contributed by atoms with Crippen molar-refractivity contribution in [3.05, 3.63) is 27.9 Å². The molecule has 0 radical (unpaired) electrons. The first-order chi connectivity index (χ1) is 8.20. The number of carbonyl (C=O) groups excluding carboxylic acids is 1. The topological polar surface area (TPSA) is 54.1 Å². The van der Waals surface area contributed by atoms with E-state index in [2.05, 4.69) is 26.2 Å². The van der Waals surface area contributed by atoms with Crippen LogP contribution in [0.3, 0.4) is 0 Å². The molecule has 0 atom stereocenters. The Balaban J connectivity index is 2.32. The van der Waals surface area contributed by atoms with E-state index in [9.17, 15) is 4.79 Å². The molecule has 0 bridgehead atoms. The van der Waals surface area contributed by atoms with Crippen LogP contribution in [0.25, 0.3) is 10.9 Å². The van der Waals surface area contributed by atoms with Gasteiger partial charge in [0.1, 0.15) is 5.75 Å². The molecule has 0 aliphatic carbocycles. The third-order valence-electron chi connectivity index (χ3n) is 3.04. The quantitative estimate of drug-likeness (QED) is 0.847. The molecule has 2 aromatic rings. The van der Waals surface area contributed by atoms with Gasteiger partial charge < -0.3 is 15.0 Å². The second-order valence-corrected chi connectivity index (χ2v) is 4.87. The molecule has 2 N–H and O–H groups in total. The monoisotopic (exact) mass is 294 g/mol. The summed E-state index contributed by atoms with van der Waals surface area (Å²) in [5, 5.41) is 3.79. The van der Waals surface area contributed by atoms with Gasteiger partial charge in [-0.25, -0.2) is 0 Å². The first kappa shape index (κ1) is 10.7. The summed E-state index contributed by atoms with van der Waals surface area (Å²) in [6.45, 7) is 0.691. The first-order valence-electron chi connectivity index (χ1n) is 5.37. The zero-order chi connectivity index (χ0) is 12.0. The number of halogens is 1. The van der Waals surface area contributed by atoms with Crippen LogP contribution in [0.1, 0.15) is 16.1 Å². The van der Waals surface area contributed by atoms with Crippen molar-refractivity contribution in [3.8, 4) is 5.75 Å². The highest BCUT2D eigenvalue weighted by atomic mass is 79.9. The molecule has 0 fully saturated rings. The predicted octanol–water partition coefficient (Wildman–Crippen LogP) is 2.22. The van der Waals surface area contributed by atoms with Crippen molar-refractivity contribution >= 4 is 32.7 Å². The van der Waals surface area contributed by atoms with E-state index < -0.39 is 0 Å². The SMILES string of the molecule is COc1cc2[nH]c3c(c2cc1Br)C(=O)NCC3. The zero-order valence-corrected chi connectivity index (χ0v) is 10.8. The third-order valence-corrected chi connectivity index (χ3v) is 3.66. The maximum Gasteiger partial charge on any atom is 0.253 e. The summed E-state index contributed by atoms with van der Waals surface area (Å²) in [5.41, 5.74) is 2.70. The van der Waals surface area contributed by atoms with Gasteiger partial charge in [-0.1, -0.05) is 0 Å². The highest BCUT2D eigenvalue weighted by Crippen LogP contribution is 2.33. The average Bonchev–Trinajstić information content (AvgIpc) is 2.66. The highest BCUT2D eigenvalue weighted by molar-refractivity contribution is 9.10. The first-order valence-corrected chi connectivity index (χ1v) is 6.16. The third kappa shape index (κ3) is 1.53. The number of fused-ring (bicyclic) bond motifs is 3. The maximum atomic E-state index is 11.8. The van der Waals surface area contributed by atoms with E-state index in [0.29, 0.717) is 6.54 Å². The lowest BCUT2D eigenvalue weighted by atomic mass is 10.1. The number of rotatable bonds is 1. The second kappa shape index (κ2) is 3.77. The van der Waals surface area contributed by atoms with E-state index in [-0.39, 0.29) is 5.91 Å². The Bertz CT molecular complexity index is 618. The lowest BCUT2D eigenvalue weighted by molar-refractivity contribution is 0.0947. The highest BCUT2D eigenvalue weighted by Gasteiger charge is 2.22. The van der Waals surface area contributed by atoms with E-state index in [1.165, 1.54) is 0 Å². The number of aromatic nitrogens is 1. The maximum absolute atomic E-state index is 11.8. The molecule has 1 aromatic heterocycles. The summed E-state index contributed by atoms with van der Waals surface area (Å²) >= 11 is 3.44. The van der Waals surface area contributed by atoms with Crippen LogP contribution in [0.2, 0.25) is 0 Å². The number of hydrogen-bond acceptors (Lipinski definition) is 2. The molecule has 88 valence electrons. The van der Waals surface area contributed by atoms with Gasteiger partial charge in [0, 0.05) is 30.1 Å². The van der Waals surface area contributed by atoms with Crippen LogP contribution in [0.4, 0.5) is 0 Å². The lowest BCUT2D eigenvalue weighted by Crippen LogP contribution is -2.31. The number of H-pyrrole nitrogens is 1. The summed E-state index contributed by atoms with van der Waals surface area (Å²) in [6, 6.07) is 3.83. The van der Waals surface area contributed by atoms with Gasteiger partial charge in [-0.3, -0.25) is 4.79 Å². The number of methoxy groups -OCH3 is 1. The molecular weight excluding hydrogens is 284 g/mol. The number of benzene rings is 1. The number of aromatic amines is 1. The number of hydrogen-bond donors (Lipinski definition) is 2. The van der Waals surface area contributed by atoms with Crippen LogP contribution in [0.5, 0.6) is 5.75 Å². The van der Waals surface area contributed by atoms with Crippen molar-refractivity contribution in [2.75, 3.05) is 13.7 Å². The van der Waals surface area contributed by atoms with Gasteiger partial charge in [0.05, 0.1) is 22.7 Å². The molecule has 0 unspecified atom stereocenters. The van der Waals surface area contributed by atoms with Crippen LogP contribution in [-0.4, -0.2) is 24.5 Å². The number of amides is 1. The van der Waals surface area contributed by atoms with E-state index in [4.69, 9.17) is 4.74 Å². The van der Waals surface area contributed by atoms with Gasteiger partial charge in [-0.05, 0) is 22.0 Å². The molecule has 3 rings (SSSR count). The van der Waals surface area contributed by atoms with Crippen molar-refractivity contribution in [2.24, 2.45) is 0 Å². The summed E-state index contributed by atoms with van der Waals surface area (Å²) in [6.07, 6.45) is 0.843. The predicted molar refractivity (Wildman–Crippen MR) is 68.6 cm³/mol. The van der Waals surface area contributed by atoms with Crippen molar-refractivity contribution in [1.29, 1.82) is 0 Å². The second-order valence-electron chi connectivity index (χ2n) is 4.02. The average molecular weight is 295 g/mol. The molecule has 17 heavy (non-hydrogen) atoms. The summed E-state index contributed by atoms with van der Waals surface area (Å²) in [5.74, 6) is 0.756. The van der Waals surface area contributed by atoms with Gasteiger partial charge in [-0.15, -0.1) is 0 Å². The summed E-state index contributed by atoms with van der Waals surface area (Å²) < 4.78 is 6.10. The standard InChI is InChI=1S/C12H11BrN2O2/c1-17-10-5-9-6(4-7(10)13)11-8(15-9)2-3-14-12(11)16/h4-5,15H,2-3H2,1H3,(H,14,16). The van der Waals surface area contributed by atoms with Crippen molar-refractivity contribution in [1.82, 2.24) is 10.3 Å². The van der Waals surface area contributed by atoms with Gasteiger partial charge in [-0.2, -0.15) is 0 Å². The molecule has 0 saturated heterocycles. The van der Waals surface area contributed by atoms with Crippen molar-refractivity contribution in [3.63, 3.8) is 0 Å². The molecule has 1 aliphatic heterocycles. The fourth-order valence-electron chi connectivity index (χ4n) is 2.24. The Morgan fingerprint density at radius 1 is 1.41 bits per heavy atom. The van der Waals surface area contributed by atoms with Crippen LogP contribution in [-0.2, 0) is 6.42 Å². The van der Waals surface area contributed by atoms with Crippen LogP contribution >= 0.6 is 15.9 Å². The minimum atomic E-state index is -0.00503. The molecule has 1 aliphatic rings. The van der Waals surface area contributed by atoms with Crippen LogP contribution in [0.15, 0.2) is 16.6 Å². The number of ether oxygens (including phenoxy) is 1. The normalized spacial score (nSPS) is 14.6. The molecule has 1 amide bonds. The van der Waals surface area contributed by atoms with Gasteiger partial charge in [0.2, 0.25) is 0 Å². The van der Waals surface area contributed by atoms with E-state index in [0.717, 1.165) is 38.8 Å². The molecule has 1 aromatic carbocycles. The summed E-state index contributed by atoms with van der Waals surface area (Å²) in [4.78, 5) is 15.1. The Morgan fingerprint density at radius 2 is 2.24 bits per heavy atom. The van der Waals surface area contributed by atoms with E-state index in [1.54, 1.807) is 7.11 Å². The Kier molecular flexibility index (Phi) is 2.36. The van der Waals surface area contributed by atoms with Crippen molar-refractivity contribution < 1.29 is 9.53 Å². The Hall–Kier alpha value is -1.49. The Morgan fingerprint density at radius 3 is 3.00 bits per heavy atom. The smallest absolute Gasteiger partial charge is 0.253 e. The zero-order valence-electron chi connectivity index (χ0n) is 9.26. The van der Waals surface area contributed by atoms with Gasteiger partial charge in [0.25, 0.3) is 5.91 Å².